The van der Waals surface area contributed by atoms with Gasteiger partial charge in [0.2, 0.25) is 5.28 Å². The number of fused-ring (bicyclic) bond motifs is 1. The average Bonchev–Trinajstić information content (AvgIpc) is 3.12. The van der Waals surface area contributed by atoms with Crippen molar-refractivity contribution < 1.29 is 9.53 Å². The van der Waals surface area contributed by atoms with E-state index >= 15 is 0 Å². The van der Waals surface area contributed by atoms with Crippen molar-refractivity contribution in [2.24, 2.45) is 5.92 Å². The monoisotopic (exact) mass is 443 g/mol. The minimum Gasteiger partial charge on any atom is -0.466 e. The van der Waals surface area contributed by atoms with Crippen molar-refractivity contribution in [3.8, 4) is 11.1 Å². The van der Waals surface area contributed by atoms with Gasteiger partial charge in [-0.3, -0.25) is 4.79 Å². The number of ether oxygens (including phenoxy) is 1. The van der Waals surface area contributed by atoms with Crippen LogP contribution >= 0.6 is 22.9 Å². The average molecular weight is 444 g/mol. The Morgan fingerprint density at radius 1 is 1.20 bits per heavy atom. The maximum absolute atomic E-state index is 12.1. The van der Waals surface area contributed by atoms with Gasteiger partial charge in [0.25, 0.3) is 0 Å². The minimum atomic E-state index is -0.0906. The standard InChI is InChI=1S/C23H26ClN3O2S/c1-4-17-18(15-8-6-14(3)7-9-15)19-20(25-23(24)26-21(19)30-17)27-12-10-16(11-13-27)22(28)29-5-2/h6-9,16H,4-5,10-13H2,1-3H3. The minimum absolute atomic E-state index is 0.0424. The summed E-state index contributed by atoms with van der Waals surface area (Å²) in [7, 11) is 0. The maximum Gasteiger partial charge on any atom is 0.309 e. The summed E-state index contributed by atoms with van der Waals surface area (Å²) in [5.41, 5.74) is 3.62. The molecule has 0 aliphatic carbocycles. The van der Waals surface area contributed by atoms with Crippen molar-refractivity contribution >= 4 is 44.9 Å². The summed E-state index contributed by atoms with van der Waals surface area (Å²) in [5.74, 6) is 0.741. The lowest BCUT2D eigenvalue weighted by atomic mass is 9.96. The number of carbonyl (C=O) groups is 1. The van der Waals surface area contributed by atoms with Crippen LogP contribution in [0.1, 0.15) is 37.1 Å². The number of rotatable bonds is 5. The number of nitrogens with zero attached hydrogens (tertiary/aromatic N) is 3. The molecular formula is C23H26ClN3O2S. The molecule has 0 spiro atoms. The van der Waals surface area contributed by atoms with E-state index in [1.54, 1.807) is 11.3 Å². The largest absolute Gasteiger partial charge is 0.466 e. The predicted molar refractivity (Wildman–Crippen MR) is 124 cm³/mol. The molecule has 158 valence electrons. The highest BCUT2D eigenvalue weighted by Gasteiger charge is 2.29. The second-order valence-corrected chi connectivity index (χ2v) is 9.05. The van der Waals surface area contributed by atoms with E-state index in [4.69, 9.17) is 16.3 Å². The zero-order valence-electron chi connectivity index (χ0n) is 17.6. The first-order valence-electron chi connectivity index (χ1n) is 10.5. The molecule has 0 amide bonds. The van der Waals surface area contributed by atoms with E-state index in [1.807, 2.05) is 6.92 Å². The van der Waals surface area contributed by atoms with Gasteiger partial charge in [0.1, 0.15) is 10.6 Å². The number of aromatic nitrogens is 2. The summed E-state index contributed by atoms with van der Waals surface area (Å²) in [6.45, 7) is 8.03. The Bertz CT molecular complexity index is 1060. The van der Waals surface area contributed by atoms with Crippen molar-refractivity contribution in [3.63, 3.8) is 0 Å². The first-order valence-corrected chi connectivity index (χ1v) is 11.7. The van der Waals surface area contributed by atoms with Crippen molar-refractivity contribution in [2.75, 3.05) is 24.6 Å². The molecule has 1 aliphatic heterocycles. The highest BCUT2D eigenvalue weighted by molar-refractivity contribution is 7.19. The van der Waals surface area contributed by atoms with E-state index in [9.17, 15) is 4.79 Å². The number of carbonyl (C=O) groups excluding carboxylic acids is 1. The predicted octanol–water partition coefficient (Wildman–Crippen LogP) is 5.66. The van der Waals surface area contributed by atoms with E-state index in [-0.39, 0.29) is 17.2 Å². The second kappa shape index (κ2) is 8.90. The molecule has 0 N–H and O–H groups in total. The fourth-order valence-corrected chi connectivity index (χ4v) is 5.44. The van der Waals surface area contributed by atoms with Crippen LogP contribution < -0.4 is 4.90 Å². The van der Waals surface area contributed by atoms with Gasteiger partial charge < -0.3 is 9.64 Å². The number of esters is 1. The van der Waals surface area contributed by atoms with Crippen LogP contribution in [0, 0.1) is 12.8 Å². The summed E-state index contributed by atoms with van der Waals surface area (Å²) in [4.78, 5) is 25.8. The summed E-state index contributed by atoms with van der Waals surface area (Å²) in [6, 6.07) is 8.61. The zero-order chi connectivity index (χ0) is 21.3. The van der Waals surface area contributed by atoms with E-state index < -0.39 is 0 Å². The van der Waals surface area contributed by atoms with Crippen molar-refractivity contribution in [1.82, 2.24) is 9.97 Å². The maximum atomic E-state index is 12.1. The summed E-state index contributed by atoms with van der Waals surface area (Å²) >= 11 is 8.01. The van der Waals surface area contributed by atoms with Crippen molar-refractivity contribution in [2.45, 2.75) is 40.0 Å². The summed E-state index contributed by atoms with van der Waals surface area (Å²) in [5, 5.41) is 1.34. The SMILES string of the molecule is CCOC(=O)C1CCN(c2nc(Cl)nc3sc(CC)c(-c4ccc(C)cc4)c23)CC1. The van der Waals surface area contributed by atoms with Crippen molar-refractivity contribution in [1.29, 1.82) is 0 Å². The van der Waals surface area contributed by atoms with E-state index in [0.717, 1.165) is 48.4 Å². The molecule has 2 aromatic heterocycles. The van der Waals surface area contributed by atoms with Gasteiger partial charge >= 0.3 is 5.97 Å². The van der Waals surface area contributed by atoms with Gasteiger partial charge in [-0.05, 0) is 50.3 Å². The van der Waals surface area contributed by atoms with Crippen LogP contribution in [0.2, 0.25) is 5.28 Å². The lowest BCUT2D eigenvalue weighted by Gasteiger charge is -2.32. The zero-order valence-corrected chi connectivity index (χ0v) is 19.1. The normalized spacial score (nSPS) is 15.0. The lowest BCUT2D eigenvalue weighted by Crippen LogP contribution is -2.37. The lowest BCUT2D eigenvalue weighted by molar-refractivity contribution is -0.148. The number of piperidine rings is 1. The molecule has 0 unspecified atom stereocenters. The first kappa shape index (κ1) is 21.1. The molecule has 1 aromatic carbocycles. The molecule has 7 heteroatoms. The topological polar surface area (TPSA) is 55.3 Å². The first-order chi connectivity index (χ1) is 14.5. The Kier molecular flexibility index (Phi) is 6.25. The van der Waals surface area contributed by atoms with Gasteiger partial charge in [0.05, 0.1) is 17.9 Å². The summed E-state index contributed by atoms with van der Waals surface area (Å²) in [6.07, 6.45) is 2.44. The van der Waals surface area contributed by atoms with E-state index in [2.05, 4.69) is 53.0 Å². The highest BCUT2D eigenvalue weighted by atomic mass is 35.5. The smallest absolute Gasteiger partial charge is 0.309 e. The number of aryl methyl sites for hydroxylation is 2. The van der Waals surface area contributed by atoms with Gasteiger partial charge in [-0.1, -0.05) is 36.8 Å². The Morgan fingerprint density at radius 3 is 2.53 bits per heavy atom. The van der Waals surface area contributed by atoms with Crippen LogP contribution in [0.5, 0.6) is 0 Å². The Morgan fingerprint density at radius 2 is 1.90 bits per heavy atom. The molecule has 30 heavy (non-hydrogen) atoms. The van der Waals surface area contributed by atoms with Gasteiger partial charge in [-0.25, -0.2) is 4.98 Å². The van der Waals surface area contributed by atoms with Gasteiger partial charge in [0, 0.05) is 23.5 Å². The molecule has 0 saturated carbocycles. The fourth-order valence-electron chi connectivity index (χ4n) is 4.09. The van der Waals surface area contributed by atoms with Crippen molar-refractivity contribution in [3.05, 3.63) is 40.0 Å². The number of anilines is 1. The number of thiophene rings is 1. The third kappa shape index (κ3) is 4.03. The molecule has 5 nitrogen and oxygen atoms in total. The van der Waals surface area contributed by atoms with Crippen LogP contribution in [0.3, 0.4) is 0 Å². The third-order valence-electron chi connectivity index (χ3n) is 5.65. The van der Waals surface area contributed by atoms with Gasteiger partial charge in [-0.15, -0.1) is 11.3 Å². The van der Waals surface area contributed by atoms with Crippen LogP contribution in [-0.2, 0) is 16.0 Å². The Labute approximate surface area is 186 Å². The summed E-state index contributed by atoms with van der Waals surface area (Å²) < 4.78 is 5.21. The van der Waals surface area contributed by atoms with Crippen LogP contribution in [0.15, 0.2) is 24.3 Å². The third-order valence-corrected chi connectivity index (χ3v) is 7.05. The van der Waals surface area contributed by atoms with Crippen LogP contribution in [0.4, 0.5) is 5.82 Å². The fraction of sp³-hybridized carbons (Fsp3) is 0.435. The molecule has 0 bridgehead atoms. The van der Waals surface area contributed by atoms with Crippen LogP contribution in [-0.4, -0.2) is 35.6 Å². The van der Waals surface area contributed by atoms with E-state index in [1.165, 1.54) is 21.6 Å². The van der Waals surface area contributed by atoms with Gasteiger partial charge in [0.15, 0.2) is 0 Å². The van der Waals surface area contributed by atoms with Gasteiger partial charge in [-0.2, -0.15) is 4.98 Å². The molecular weight excluding hydrogens is 418 g/mol. The molecule has 3 heterocycles. The Balaban J connectivity index is 1.76. The number of hydrogen-bond donors (Lipinski definition) is 0. The molecule has 0 atom stereocenters. The molecule has 4 rings (SSSR count). The quantitative estimate of drug-likeness (QED) is 0.376. The second-order valence-electron chi connectivity index (χ2n) is 7.63. The molecule has 1 aliphatic rings. The molecule has 0 radical (unpaired) electrons. The number of halogens is 1. The molecule has 1 fully saturated rings. The number of hydrogen-bond acceptors (Lipinski definition) is 6. The van der Waals surface area contributed by atoms with E-state index in [0.29, 0.717) is 6.61 Å². The van der Waals surface area contributed by atoms with Crippen LogP contribution in [0.25, 0.3) is 21.3 Å². The Hall–Kier alpha value is -2.18. The molecule has 1 saturated heterocycles. The molecule has 3 aromatic rings. The highest BCUT2D eigenvalue weighted by Crippen LogP contribution is 2.43. The number of benzene rings is 1.